The molecule has 0 radical (unpaired) electrons. The number of fused-ring (bicyclic) bond motifs is 1. The molecule has 0 unspecified atom stereocenters. The second-order valence-electron chi connectivity index (χ2n) is 5.53. The van der Waals surface area contributed by atoms with Crippen molar-refractivity contribution in [1.82, 2.24) is 10.3 Å². The molecule has 2 N–H and O–H groups in total. The van der Waals surface area contributed by atoms with Gasteiger partial charge in [0.25, 0.3) is 11.6 Å². The predicted molar refractivity (Wildman–Crippen MR) is 101 cm³/mol. The van der Waals surface area contributed by atoms with Crippen molar-refractivity contribution in [3.8, 4) is 0 Å². The van der Waals surface area contributed by atoms with Gasteiger partial charge in [-0.15, -0.1) is 0 Å². The Kier molecular flexibility index (Phi) is 5.28. The van der Waals surface area contributed by atoms with E-state index in [-0.39, 0.29) is 11.6 Å². The summed E-state index contributed by atoms with van der Waals surface area (Å²) in [6, 6.07) is 14.8. The standard InChI is InChI=1S/C18H15ClN4O3/c19-17-8-2-12-11-13(1-7-16(12)22-17)18(24)21-10-9-20-14-3-5-15(6-4-14)23(25)26/h1-8,11,20H,9-10H2,(H,21,24). The lowest BCUT2D eigenvalue weighted by atomic mass is 10.1. The topological polar surface area (TPSA) is 97.2 Å². The highest BCUT2D eigenvalue weighted by atomic mass is 35.5. The number of benzene rings is 2. The van der Waals surface area contributed by atoms with Crippen LogP contribution in [0.5, 0.6) is 0 Å². The largest absolute Gasteiger partial charge is 0.383 e. The molecule has 0 aliphatic heterocycles. The molecule has 26 heavy (non-hydrogen) atoms. The van der Waals surface area contributed by atoms with Crippen LogP contribution in [-0.2, 0) is 0 Å². The van der Waals surface area contributed by atoms with Crippen LogP contribution in [0.25, 0.3) is 10.9 Å². The number of aromatic nitrogens is 1. The third-order valence-electron chi connectivity index (χ3n) is 3.74. The summed E-state index contributed by atoms with van der Waals surface area (Å²) in [4.78, 5) is 26.6. The molecule has 0 aliphatic carbocycles. The van der Waals surface area contributed by atoms with Crippen molar-refractivity contribution in [2.45, 2.75) is 0 Å². The Morgan fingerprint density at radius 1 is 1.08 bits per heavy atom. The normalized spacial score (nSPS) is 10.5. The number of hydrogen-bond acceptors (Lipinski definition) is 5. The number of nitro groups is 1. The van der Waals surface area contributed by atoms with Crippen LogP contribution in [0.1, 0.15) is 10.4 Å². The van der Waals surface area contributed by atoms with E-state index in [0.29, 0.717) is 23.8 Å². The van der Waals surface area contributed by atoms with Crippen molar-refractivity contribution < 1.29 is 9.72 Å². The fourth-order valence-electron chi connectivity index (χ4n) is 2.43. The lowest BCUT2D eigenvalue weighted by molar-refractivity contribution is -0.384. The van der Waals surface area contributed by atoms with Gasteiger partial charge in [0, 0.05) is 41.9 Å². The molecular weight excluding hydrogens is 356 g/mol. The molecule has 0 saturated heterocycles. The van der Waals surface area contributed by atoms with E-state index >= 15 is 0 Å². The zero-order valence-electron chi connectivity index (χ0n) is 13.6. The minimum absolute atomic E-state index is 0.0379. The molecule has 0 aliphatic rings. The number of carbonyl (C=O) groups excluding carboxylic acids is 1. The molecule has 0 bridgehead atoms. The van der Waals surface area contributed by atoms with Gasteiger partial charge in [0.1, 0.15) is 5.15 Å². The molecule has 0 spiro atoms. The van der Waals surface area contributed by atoms with Gasteiger partial charge in [0.05, 0.1) is 10.4 Å². The van der Waals surface area contributed by atoms with Gasteiger partial charge in [-0.05, 0) is 42.5 Å². The maximum Gasteiger partial charge on any atom is 0.269 e. The van der Waals surface area contributed by atoms with Gasteiger partial charge in [0.2, 0.25) is 0 Å². The second kappa shape index (κ2) is 7.79. The van der Waals surface area contributed by atoms with Gasteiger partial charge < -0.3 is 10.6 Å². The number of anilines is 1. The summed E-state index contributed by atoms with van der Waals surface area (Å²) in [7, 11) is 0. The molecule has 2 aromatic carbocycles. The summed E-state index contributed by atoms with van der Waals surface area (Å²) in [5.41, 5.74) is 2.06. The zero-order chi connectivity index (χ0) is 18.5. The third kappa shape index (κ3) is 4.25. The Morgan fingerprint density at radius 2 is 1.85 bits per heavy atom. The molecule has 1 heterocycles. The number of nitro benzene ring substituents is 1. The average Bonchev–Trinajstić information content (AvgIpc) is 2.65. The first kappa shape index (κ1) is 17.6. The number of amides is 1. The SMILES string of the molecule is O=C(NCCNc1ccc([N+](=O)[O-])cc1)c1ccc2nc(Cl)ccc2c1. The van der Waals surface area contributed by atoms with Crippen molar-refractivity contribution in [1.29, 1.82) is 0 Å². The molecule has 0 saturated carbocycles. The molecule has 1 aromatic heterocycles. The molecule has 1 amide bonds. The van der Waals surface area contributed by atoms with E-state index in [0.717, 1.165) is 16.6 Å². The monoisotopic (exact) mass is 370 g/mol. The highest BCUT2D eigenvalue weighted by Crippen LogP contribution is 2.17. The summed E-state index contributed by atoms with van der Waals surface area (Å²) in [6.07, 6.45) is 0. The summed E-state index contributed by atoms with van der Waals surface area (Å²) in [6.45, 7) is 0.904. The lowest BCUT2D eigenvalue weighted by Gasteiger charge is -2.08. The van der Waals surface area contributed by atoms with Crippen molar-refractivity contribution in [2.24, 2.45) is 0 Å². The van der Waals surface area contributed by atoms with Gasteiger partial charge in [-0.2, -0.15) is 0 Å². The molecule has 3 rings (SSSR count). The van der Waals surface area contributed by atoms with Crippen LogP contribution in [0.3, 0.4) is 0 Å². The molecule has 3 aromatic rings. The third-order valence-corrected chi connectivity index (χ3v) is 3.95. The minimum Gasteiger partial charge on any atom is -0.383 e. The highest BCUT2D eigenvalue weighted by molar-refractivity contribution is 6.29. The Balaban J connectivity index is 1.52. The Morgan fingerprint density at radius 3 is 2.58 bits per heavy atom. The second-order valence-corrected chi connectivity index (χ2v) is 5.92. The van der Waals surface area contributed by atoms with Crippen molar-refractivity contribution in [3.63, 3.8) is 0 Å². The maximum absolute atomic E-state index is 12.2. The maximum atomic E-state index is 12.2. The fraction of sp³-hybridized carbons (Fsp3) is 0.111. The Hall–Kier alpha value is -3.19. The smallest absolute Gasteiger partial charge is 0.269 e. The summed E-state index contributed by atoms with van der Waals surface area (Å²) >= 11 is 5.85. The molecule has 0 fully saturated rings. The predicted octanol–water partition coefficient (Wildman–Crippen LogP) is 3.64. The van der Waals surface area contributed by atoms with Gasteiger partial charge >= 0.3 is 0 Å². The van der Waals surface area contributed by atoms with E-state index in [1.54, 1.807) is 36.4 Å². The van der Waals surface area contributed by atoms with Crippen LogP contribution >= 0.6 is 11.6 Å². The van der Waals surface area contributed by atoms with Crippen LogP contribution in [-0.4, -0.2) is 28.9 Å². The number of pyridine rings is 1. The van der Waals surface area contributed by atoms with E-state index in [9.17, 15) is 14.9 Å². The molecule has 132 valence electrons. The van der Waals surface area contributed by atoms with E-state index < -0.39 is 4.92 Å². The summed E-state index contributed by atoms with van der Waals surface area (Å²) in [5, 5.41) is 17.8. The van der Waals surface area contributed by atoms with Gasteiger partial charge in [-0.3, -0.25) is 14.9 Å². The number of rotatable bonds is 6. The number of non-ortho nitro benzene ring substituents is 1. The fourth-order valence-corrected chi connectivity index (χ4v) is 2.58. The van der Waals surface area contributed by atoms with E-state index in [2.05, 4.69) is 15.6 Å². The van der Waals surface area contributed by atoms with Crippen LogP contribution < -0.4 is 10.6 Å². The summed E-state index contributed by atoms with van der Waals surface area (Å²) < 4.78 is 0. The molecule has 7 nitrogen and oxygen atoms in total. The van der Waals surface area contributed by atoms with E-state index in [1.165, 1.54) is 12.1 Å². The number of carbonyl (C=O) groups is 1. The van der Waals surface area contributed by atoms with Gasteiger partial charge in [-0.1, -0.05) is 11.6 Å². The van der Waals surface area contributed by atoms with Crippen LogP contribution in [0.15, 0.2) is 54.6 Å². The first-order valence-electron chi connectivity index (χ1n) is 7.86. The lowest BCUT2D eigenvalue weighted by Crippen LogP contribution is -2.28. The van der Waals surface area contributed by atoms with Gasteiger partial charge in [0.15, 0.2) is 0 Å². The summed E-state index contributed by atoms with van der Waals surface area (Å²) in [5.74, 6) is -0.188. The van der Waals surface area contributed by atoms with Crippen LogP contribution in [0, 0.1) is 10.1 Å². The van der Waals surface area contributed by atoms with Crippen molar-refractivity contribution in [3.05, 3.63) is 75.4 Å². The highest BCUT2D eigenvalue weighted by Gasteiger charge is 2.07. The van der Waals surface area contributed by atoms with Crippen molar-refractivity contribution >= 4 is 39.8 Å². The zero-order valence-corrected chi connectivity index (χ0v) is 14.4. The van der Waals surface area contributed by atoms with E-state index in [1.807, 2.05) is 6.07 Å². The molecule has 0 atom stereocenters. The Bertz CT molecular complexity index is 960. The Labute approximate surface area is 154 Å². The molecule has 8 heteroatoms. The number of nitrogens with one attached hydrogen (secondary N) is 2. The number of hydrogen-bond donors (Lipinski definition) is 2. The van der Waals surface area contributed by atoms with Crippen molar-refractivity contribution in [2.75, 3.05) is 18.4 Å². The first-order valence-corrected chi connectivity index (χ1v) is 8.23. The quantitative estimate of drug-likeness (QED) is 0.299. The van der Waals surface area contributed by atoms with Gasteiger partial charge in [-0.25, -0.2) is 4.98 Å². The van der Waals surface area contributed by atoms with E-state index in [4.69, 9.17) is 11.6 Å². The number of halogens is 1. The van der Waals surface area contributed by atoms with Crippen LogP contribution in [0.4, 0.5) is 11.4 Å². The molecular formula is C18H15ClN4O3. The van der Waals surface area contributed by atoms with Crippen LogP contribution in [0.2, 0.25) is 5.15 Å². The number of nitrogens with zero attached hydrogens (tertiary/aromatic N) is 2. The average molecular weight is 371 g/mol. The minimum atomic E-state index is -0.447. The first-order chi connectivity index (χ1) is 12.5.